The highest BCUT2D eigenvalue weighted by Gasteiger charge is 2.38. The first-order valence-corrected chi connectivity index (χ1v) is 10.5. The molecule has 2 heterocycles. The minimum Gasteiger partial charge on any atom is -0.357 e. The number of nitrogens with zero attached hydrogens (tertiary/aromatic N) is 4. The van der Waals surface area contributed by atoms with Crippen molar-refractivity contribution in [1.29, 1.82) is 0 Å². The van der Waals surface area contributed by atoms with Crippen LogP contribution in [0.1, 0.15) is 64.0 Å². The van der Waals surface area contributed by atoms with E-state index in [1.54, 1.807) is 0 Å². The van der Waals surface area contributed by atoms with Gasteiger partial charge in [-0.3, -0.25) is 9.58 Å². The van der Waals surface area contributed by atoms with E-state index in [0.29, 0.717) is 12.1 Å². The summed E-state index contributed by atoms with van der Waals surface area (Å²) in [5.41, 5.74) is 1.45. The monoisotopic (exact) mass is 360 g/mol. The molecule has 1 saturated carbocycles. The maximum absolute atomic E-state index is 4.79. The average molecular weight is 361 g/mol. The first-order valence-electron chi connectivity index (χ1n) is 10.5. The van der Waals surface area contributed by atoms with Crippen molar-refractivity contribution in [1.82, 2.24) is 25.3 Å². The molecule has 1 aromatic rings. The van der Waals surface area contributed by atoms with Gasteiger partial charge in [0.2, 0.25) is 0 Å². The van der Waals surface area contributed by atoms with Gasteiger partial charge in [0.1, 0.15) is 0 Å². The maximum Gasteiger partial charge on any atom is 0.191 e. The second-order valence-corrected chi connectivity index (χ2v) is 7.83. The minimum absolute atomic E-state index is 0.321. The van der Waals surface area contributed by atoms with Gasteiger partial charge in [0.15, 0.2) is 5.96 Å². The summed E-state index contributed by atoms with van der Waals surface area (Å²) in [6.45, 7) is 7.21. The van der Waals surface area contributed by atoms with E-state index in [4.69, 9.17) is 4.99 Å². The van der Waals surface area contributed by atoms with E-state index in [0.717, 1.165) is 24.7 Å². The zero-order valence-electron chi connectivity index (χ0n) is 16.6. The Labute approximate surface area is 158 Å². The van der Waals surface area contributed by atoms with Crippen LogP contribution in [0.3, 0.4) is 0 Å². The van der Waals surface area contributed by atoms with Crippen LogP contribution < -0.4 is 10.6 Å². The van der Waals surface area contributed by atoms with Gasteiger partial charge in [-0.15, -0.1) is 0 Å². The van der Waals surface area contributed by atoms with Crippen LogP contribution >= 0.6 is 0 Å². The van der Waals surface area contributed by atoms with Gasteiger partial charge in [0, 0.05) is 31.9 Å². The van der Waals surface area contributed by atoms with Gasteiger partial charge in [-0.1, -0.05) is 25.7 Å². The number of aliphatic imine (C=N–C) groups is 1. The van der Waals surface area contributed by atoms with Gasteiger partial charge in [0.05, 0.1) is 12.2 Å². The van der Waals surface area contributed by atoms with Gasteiger partial charge in [-0.2, -0.15) is 5.10 Å². The van der Waals surface area contributed by atoms with E-state index in [1.165, 1.54) is 64.5 Å². The standard InChI is InChI=1S/C20H36N6/c1-3-21-19(22-16-18-10-13-24-25(18)2)23-17-20(11-6-4-7-12-20)26-14-8-5-9-15-26/h10,13H,3-9,11-12,14-17H2,1-2H3,(H2,21,22,23). The van der Waals surface area contributed by atoms with Crippen molar-refractivity contribution in [2.24, 2.45) is 12.0 Å². The van der Waals surface area contributed by atoms with Gasteiger partial charge in [-0.05, 0) is 51.8 Å². The molecule has 6 heteroatoms. The molecule has 0 spiro atoms. The molecular weight excluding hydrogens is 324 g/mol. The average Bonchev–Trinajstić information content (AvgIpc) is 3.10. The zero-order chi connectivity index (χ0) is 18.2. The zero-order valence-corrected chi connectivity index (χ0v) is 16.6. The summed E-state index contributed by atoms with van der Waals surface area (Å²) >= 11 is 0. The van der Waals surface area contributed by atoms with Crippen molar-refractivity contribution in [3.63, 3.8) is 0 Å². The molecule has 1 aliphatic heterocycles. The molecular formula is C20H36N6. The third-order valence-corrected chi connectivity index (χ3v) is 6.06. The Morgan fingerprint density at radius 3 is 2.50 bits per heavy atom. The van der Waals surface area contributed by atoms with Crippen LogP contribution in [0.25, 0.3) is 0 Å². The van der Waals surface area contributed by atoms with Crippen LogP contribution in [-0.4, -0.2) is 52.4 Å². The smallest absolute Gasteiger partial charge is 0.191 e. The first-order chi connectivity index (χ1) is 12.7. The number of piperidine rings is 1. The molecule has 2 N–H and O–H groups in total. The lowest BCUT2D eigenvalue weighted by molar-refractivity contribution is 0.0368. The maximum atomic E-state index is 4.79. The third kappa shape index (κ3) is 4.78. The van der Waals surface area contributed by atoms with E-state index in [1.807, 2.05) is 24.0 Å². The summed E-state index contributed by atoms with van der Waals surface area (Å²) in [7, 11) is 1.97. The van der Waals surface area contributed by atoms with E-state index >= 15 is 0 Å². The summed E-state index contributed by atoms with van der Waals surface area (Å²) in [5, 5.41) is 11.3. The summed E-state index contributed by atoms with van der Waals surface area (Å²) in [6.07, 6.45) is 12.7. The van der Waals surface area contributed by atoms with E-state index in [-0.39, 0.29) is 0 Å². The van der Waals surface area contributed by atoms with Crippen LogP contribution in [0.5, 0.6) is 0 Å². The highest BCUT2D eigenvalue weighted by atomic mass is 15.3. The van der Waals surface area contributed by atoms with Crippen molar-refractivity contribution < 1.29 is 0 Å². The molecule has 26 heavy (non-hydrogen) atoms. The molecule has 3 rings (SSSR count). The largest absolute Gasteiger partial charge is 0.357 e. The van der Waals surface area contributed by atoms with Crippen molar-refractivity contribution in [3.05, 3.63) is 18.0 Å². The fourth-order valence-corrected chi connectivity index (χ4v) is 4.49. The van der Waals surface area contributed by atoms with Crippen LogP contribution in [-0.2, 0) is 13.6 Å². The van der Waals surface area contributed by atoms with E-state index in [2.05, 4.69) is 27.6 Å². The fraction of sp³-hybridized carbons (Fsp3) is 0.800. The minimum atomic E-state index is 0.321. The lowest BCUT2D eigenvalue weighted by Gasteiger charge is -2.48. The molecule has 0 aromatic carbocycles. The molecule has 0 unspecified atom stereocenters. The Morgan fingerprint density at radius 2 is 1.85 bits per heavy atom. The molecule has 0 radical (unpaired) electrons. The Kier molecular flexibility index (Phi) is 6.94. The lowest BCUT2D eigenvalue weighted by atomic mass is 9.79. The van der Waals surface area contributed by atoms with Gasteiger partial charge >= 0.3 is 0 Å². The topological polar surface area (TPSA) is 57.5 Å². The van der Waals surface area contributed by atoms with E-state index in [9.17, 15) is 0 Å². The van der Waals surface area contributed by atoms with Gasteiger partial charge in [-0.25, -0.2) is 4.99 Å². The highest BCUT2D eigenvalue weighted by molar-refractivity contribution is 5.79. The summed E-state index contributed by atoms with van der Waals surface area (Å²) < 4.78 is 1.89. The van der Waals surface area contributed by atoms with Crippen molar-refractivity contribution in [2.75, 3.05) is 26.2 Å². The van der Waals surface area contributed by atoms with Crippen LogP contribution in [0.2, 0.25) is 0 Å². The summed E-state index contributed by atoms with van der Waals surface area (Å²) in [5.74, 6) is 0.927. The fourth-order valence-electron chi connectivity index (χ4n) is 4.49. The molecule has 0 amide bonds. The predicted octanol–water partition coefficient (Wildman–Crippen LogP) is 2.66. The number of guanidine groups is 1. The number of hydrogen-bond acceptors (Lipinski definition) is 3. The van der Waals surface area contributed by atoms with Crippen LogP contribution in [0.15, 0.2) is 17.3 Å². The molecule has 0 atom stereocenters. The van der Waals surface area contributed by atoms with Crippen molar-refractivity contribution in [3.8, 4) is 0 Å². The predicted molar refractivity (Wildman–Crippen MR) is 107 cm³/mol. The Balaban J connectivity index is 1.65. The molecule has 146 valence electrons. The Hall–Kier alpha value is -1.56. The van der Waals surface area contributed by atoms with Crippen molar-refractivity contribution >= 4 is 5.96 Å². The quantitative estimate of drug-likeness (QED) is 0.605. The highest BCUT2D eigenvalue weighted by Crippen LogP contribution is 2.35. The molecule has 1 saturated heterocycles. The number of aryl methyl sites for hydroxylation is 1. The molecule has 1 aromatic heterocycles. The van der Waals surface area contributed by atoms with Gasteiger partial charge < -0.3 is 10.6 Å². The second kappa shape index (κ2) is 9.40. The van der Waals surface area contributed by atoms with E-state index < -0.39 is 0 Å². The molecule has 6 nitrogen and oxygen atoms in total. The lowest BCUT2D eigenvalue weighted by Crippen LogP contribution is -2.59. The van der Waals surface area contributed by atoms with Crippen molar-refractivity contribution in [2.45, 2.75) is 70.4 Å². The molecule has 1 aliphatic carbocycles. The number of likely N-dealkylation sites (tertiary alicyclic amines) is 1. The Morgan fingerprint density at radius 1 is 1.12 bits per heavy atom. The summed E-state index contributed by atoms with van der Waals surface area (Å²) in [4.78, 5) is 7.58. The number of rotatable bonds is 6. The molecule has 0 bridgehead atoms. The number of nitrogens with one attached hydrogen (secondary N) is 2. The summed E-state index contributed by atoms with van der Waals surface area (Å²) in [6, 6.07) is 2.03. The normalized spacial score (nSPS) is 21.5. The SMILES string of the molecule is CCNC(=NCc1ccnn1C)NCC1(N2CCCCC2)CCCCC1. The Bertz CT molecular complexity index is 567. The molecule has 2 aliphatic rings. The number of hydrogen-bond donors (Lipinski definition) is 2. The second-order valence-electron chi connectivity index (χ2n) is 7.83. The van der Waals surface area contributed by atoms with Crippen LogP contribution in [0, 0.1) is 0 Å². The molecule has 2 fully saturated rings. The third-order valence-electron chi connectivity index (χ3n) is 6.06. The van der Waals surface area contributed by atoms with Crippen LogP contribution in [0.4, 0.5) is 0 Å². The van der Waals surface area contributed by atoms with Gasteiger partial charge in [0.25, 0.3) is 0 Å². The first kappa shape index (κ1) is 19.2. The number of aromatic nitrogens is 2.